The number of unbranched alkanes of at least 4 members (excludes halogenated alkanes) is 2. The molecule has 1 aromatic carbocycles. The van der Waals surface area contributed by atoms with Crippen LogP contribution in [-0.2, 0) is 0 Å². The van der Waals surface area contributed by atoms with Crippen molar-refractivity contribution in [3.8, 4) is 0 Å². The summed E-state index contributed by atoms with van der Waals surface area (Å²) in [4.78, 5) is 22.1. The van der Waals surface area contributed by atoms with Crippen LogP contribution in [0.15, 0.2) is 18.2 Å². The van der Waals surface area contributed by atoms with E-state index in [2.05, 4.69) is 27.9 Å². The largest absolute Gasteiger partial charge is 0.352 e. The van der Waals surface area contributed by atoms with Gasteiger partial charge in [0.1, 0.15) is 0 Å². The number of nitrogens with one attached hydrogen (secondary N) is 1. The molecule has 1 rings (SSSR count). The Balaban J connectivity index is 2.59. The molecule has 1 aromatic rings. The third-order valence-electron chi connectivity index (χ3n) is 2.63. The van der Waals surface area contributed by atoms with Crippen LogP contribution in [0.5, 0.6) is 0 Å². The van der Waals surface area contributed by atoms with E-state index in [9.17, 15) is 14.9 Å². The van der Waals surface area contributed by atoms with Gasteiger partial charge in [-0.1, -0.05) is 29.0 Å². The summed E-state index contributed by atoms with van der Waals surface area (Å²) in [5.41, 5.74) is 1.01. The van der Waals surface area contributed by atoms with E-state index >= 15 is 0 Å². The lowest BCUT2D eigenvalue weighted by Gasteiger charge is -2.05. The number of nitrogens with zero attached hydrogens (tertiary/aromatic N) is 1. The summed E-state index contributed by atoms with van der Waals surface area (Å²) >= 11 is 2.32. The van der Waals surface area contributed by atoms with Gasteiger partial charge in [-0.15, -0.1) is 0 Å². The SMILES string of the molecule is Cc1cc(C(=O)NCCCCCI)cc([N+](=O)[O-])c1. The van der Waals surface area contributed by atoms with Crippen LogP contribution in [0.1, 0.15) is 35.2 Å². The van der Waals surface area contributed by atoms with Crippen LogP contribution in [0.2, 0.25) is 0 Å². The third kappa shape index (κ3) is 5.54. The number of rotatable bonds is 7. The van der Waals surface area contributed by atoms with Crippen LogP contribution in [-0.4, -0.2) is 21.8 Å². The molecule has 0 saturated heterocycles. The predicted molar refractivity (Wildman–Crippen MR) is 82.9 cm³/mol. The van der Waals surface area contributed by atoms with Gasteiger partial charge in [-0.05, 0) is 35.8 Å². The van der Waals surface area contributed by atoms with E-state index in [4.69, 9.17) is 0 Å². The average molecular weight is 376 g/mol. The molecule has 104 valence electrons. The molecular formula is C13H17IN2O3. The number of alkyl halides is 1. The standard InChI is InChI=1S/C13H17IN2O3/c1-10-7-11(9-12(8-10)16(18)19)13(17)15-6-4-2-3-5-14/h7-9H,2-6H2,1H3,(H,15,17). The topological polar surface area (TPSA) is 72.2 Å². The van der Waals surface area contributed by atoms with E-state index in [-0.39, 0.29) is 11.6 Å². The Morgan fingerprint density at radius 1 is 1.32 bits per heavy atom. The molecule has 0 bridgehead atoms. The second-order valence-electron chi connectivity index (χ2n) is 4.32. The van der Waals surface area contributed by atoms with Crippen LogP contribution >= 0.6 is 22.6 Å². The Morgan fingerprint density at radius 3 is 2.68 bits per heavy atom. The highest BCUT2D eigenvalue weighted by Crippen LogP contribution is 2.16. The van der Waals surface area contributed by atoms with Crippen molar-refractivity contribution in [3.63, 3.8) is 0 Å². The zero-order chi connectivity index (χ0) is 14.3. The average Bonchev–Trinajstić information content (AvgIpc) is 2.37. The first-order valence-corrected chi connectivity index (χ1v) is 7.67. The van der Waals surface area contributed by atoms with Gasteiger partial charge in [0.2, 0.25) is 0 Å². The van der Waals surface area contributed by atoms with Crippen molar-refractivity contribution in [1.29, 1.82) is 0 Å². The van der Waals surface area contributed by atoms with Crippen molar-refractivity contribution < 1.29 is 9.72 Å². The summed E-state index contributed by atoms with van der Waals surface area (Å²) in [6, 6.07) is 4.43. The maximum Gasteiger partial charge on any atom is 0.270 e. The molecule has 0 fully saturated rings. The third-order valence-corrected chi connectivity index (χ3v) is 3.39. The van der Waals surface area contributed by atoms with Crippen molar-refractivity contribution >= 4 is 34.2 Å². The lowest BCUT2D eigenvalue weighted by molar-refractivity contribution is -0.384. The fourth-order valence-corrected chi connectivity index (χ4v) is 2.24. The Labute approximate surface area is 126 Å². The van der Waals surface area contributed by atoms with E-state index in [0.717, 1.165) is 23.7 Å². The first-order chi connectivity index (χ1) is 9.04. The summed E-state index contributed by atoms with van der Waals surface area (Å²) in [7, 11) is 0. The summed E-state index contributed by atoms with van der Waals surface area (Å²) < 4.78 is 1.12. The predicted octanol–water partition coefficient (Wildman–Crippen LogP) is 3.24. The van der Waals surface area contributed by atoms with Gasteiger partial charge in [0.15, 0.2) is 0 Å². The molecular weight excluding hydrogens is 359 g/mol. The normalized spacial score (nSPS) is 10.2. The molecule has 0 aliphatic carbocycles. The number of carbonyl (C=O) groups is 1. The van der Waals surface area contributed by atoms with Crippen LogP contribution in [0, 0.1) is 17.0 Å². The highest BCUT2D eigenvalue weighted by atomic mass is 127. The number of hydrogen-bond acceptors (Lipinski definition) is 3. The molecule has 0 saturated carbocycles. The van der Waals surface area contributed by atoms with Crippen molar-refractivity contribution in [3.05, 3.63) is 39.4 Å². The van der Waals surface area contributed by atoms with E-state index in [1.165, 1.54) is 12.1 Å². The monoisotopic (exact) mass is 376 g/mol. The summed E-state index contributed by atoms with van der Waals surface area (Å²) in [5, 5.41) is 13.5. The number of hydrogen-bond donors (Lipinski definition) is 1. The van der Waals surface area contributed by atoms with Gasteiger partial charge in [0.05, 0.1) is 4.92 Å². The van der Waals surface area contributed by atoms with Gasteiger partial charge < -0.3 is 5.32 Å². The highest BCUT2D eigenvalue weighted by molar-refractivity contribution is 14.1. The molecule has 0 aromatic heterocycles. The first-order valence-electron chi connectivity index (χ1n) is 6.15. The van der Waals surface area contributed by atoms with Crippen molar-refractivity contribution in [2.24, 2.45) is 0 Å². The molecule has 0 aliphatic rings. The fraction of sp³-hybridized carbons (Fsp3) is 0.462. The molecule has 0 spiro atoms. The molecule has 0 unspecified atom stereocenters. The van der Waals surface area contributed by atoms with Gasteiger partial charge >= 0.3 is 0 Å². The molecule has 0 atom stereocenters. The van der Waals surface area contributed by atoms with Crippen molar-refractivity contribution in [2.45, 2.75) is 26.2 Å². The fourth-order valence-electron chi connectivity index (χ4n) is 1.70. The van der Waals surface area contributed by atoms with E-state index in [1.54, 1.807) is 13.0 Å². The lowest BCUT2D eigenvalue weighted by atomic mass is 10.1. The Hall–Kier alpha value is -1.18. The molecule has 0 radical (unpaired) electrons. The Kier molecular flexibility index (Phi) is 6.75. The number of aryl methyl sites for hydroxylation is 1. The number of nitro groups is 1. The molecule has 1 N–H and O–H groups in total. The van der Waals surface area contributed by atoms with Crippen LogP contribution in [0.25, 0.3) is 0 Å². The Morgan fingerprint density at radius 2 is 2.05 bits per heavy atom. The number of non-ortho nitro benzene ring substituents is 1. The minimum Gasteiger partial charge on any atom is -0.352 e. The molecule has 6 heteroatoms. The minimum atomic E-state index is -0.482. The van der Waals surface area contributed by atoms with Gasteiger partial charge in [-0.2, -0.15) is 0 Å². The molecule has 0 aliphatic heterocycles. The van der Waals surface area contributed by atoms with E-state index < -0.39 is 4.92 Å². The highest BCUT2D eigenvalue weighted by Gasteiger charge is 2.12. The first kappa shape index (κ1) is 15.9. The smallest absolute Gasteiger partial charge is 0.270 e. The summed E-state index contributed by atoms with van der Waals surface area (Å²) in [5.74, 6) is -0.249. The van der Waals surface area contributed by atoms with Gasteiger partial charge in [-0.3, -0.25) is 14.9 Å². The van der Waals surface area contributed by atoms with Crippen LogP contribution < -0.4 is 5.32 Å². The number of halogens is 1. The second kappa shape index (κ2) is 8.08. The summed E-state index contributed by atoms with van der Waals surface area (Å²) in [6.07, 6.45) is 3.16. The molecule has 1 amide bonds. The maximum atomic E-state index is 11.9. The minimum absolute atomic E-state index is 0.0462. The van der Waals surface area contributed by atoms with Crippen LogP contribution in [0.4, 0.5) is 5.69 Å². The number of amides is 1. The molecule has 19 heavy (non-hydrogen) atoms. The van der Waals surface area contributed by atoms with E-state index in [1.807, 2.05) is 0 Å². The van der Waals surface area contributed by atoms with Crippen molar-refractivity contribution in [2.75, 3.05) is 11.0 Å². The quantitative estimate of drug-likeness (QED) is 0.261. The van der Waals surface area contributed by atoms with E-state index in [0.29, 0.717) is 17.7 Å². The summed E-state index contributed by atoms with van der Waals surface area (Å²) in [6.45, 7) is 2.35. The van der Waals surface area contributed by atoms with Crippen molar-refractivity contribution in [1.82, 2.24) is 5.32 Å². The number of carbonyl (C=O) groups excluding carboxylic acids is 1. The number of benzene rings is 1. The molecule has 0 heterocycles. The van der Waals surface area contributed by atoms with Crippen LogP contribution in [0.3, 0.4) is 0 Å². The number of nitro benzene ring substituents is 1. The second-order valence-corrected chi connectivity index (χ2v) is 5.40. The lowest BCUT2D eigenvalue weighted by Crippen LogP contribution is -2.24. The van der Waals surface area contributed by atoms with Gasteiger partial charge in [-0.25, -0.2) is 0 Å². The molecule has 5 nitrogen and oxygen atoms in total. The maximum absolute atomic E-state index is 11.9. The van der Waals surface area contributed by atoms with Gasteiger partial charge in [0, 0.05) is 24.2 Å². The Bertz CT molecular complexity index is 463. The zero-order valence-corrected chi connectivity index (χ0v) is 13.0. The van der Waals surface area contributed by atoms with Gasteiger partial charge in [0.25, 0.3) is 11.6 Å². The zero-order valence-electron chi connectivity index (χ0n) is 10.8.